The Kier molecular flexibility index (Phi) is 4.97. The Morgan fingerprint density at radius 3 is 2.79 bits per heavy atom. The third-order valence-corrected chi connectivity index (χ3v) is 4.98. The molecule has 7 nitrogen and oxygen atoms in total. The van der Waals surface area contributed by atoms with Gasteiger partial charge in [0.05, 0.1) is 18.8 Å². The van der Waals surface area contributed by atoms with Gasteiger partial charge >= 0.3 is 6.03 Å². The van der Waals surface area contributed by atoms with E-state index in [9.17, 15) is 9.59 Å². The van der Waals surface area contributed by atoms with E-state index in [0.29, 0.717) is 38.3 Å². The smallest absolute Gasteiger partial charge is 0.318 e. The summed E-state index contributed by atoms with van der Waals surface area (Å²) in [5.74, 6) is 0.434. The van der Waals surface area contributed by atoms with Gasteiger partial charge < -0.3 is 15.5 Å². The maximum absolute atomic E-state index is 12.4. The number of H-pyrrole nitrogens is 1. The lowest BCUT2D eigenvalue weighted by Gasteiger charge is -2.15. The van der Waals surface area contributed by atoms with Crippen molar-refractivity contribution in [3.63, 3.8) is 0 Å². The first-order valence-corrected chi connectivity index (χ1v) is 9.50. The molecule has 0 radical (unpaired) electrons. The Balaban J connectivity index is 1.35. The molecule has 3 amide bonds. The highest BCUT2D eigenvalue weighted by Gasteiger charge is 2.28. The molecule has 0 saturated heterocycles. The zero-order valence-corrected chi connectivity index (χ0v) is 15.8. The van der Waals surface area contributed by atoms with Gasteiger partial charge in [-0.15, -0.1) is 0 Å². The molecule has 3 aromatic rings. The standard InChI is InChI=1S/C21H23N5O2/c1-2-22-21(28)26-12-17-18(13-26)24-25-20(17)23-19(27)10-8-14-7-9-15-5-3-4-6-16(15)11-14/h3-7,9,11H,2,8,10,12-13H2,1H3,(H,22,28)(H2,23,24,25,27). The molecule has 0 spiro atoms. The zero-order chi connectivity index (χ0) is 19.5. The number of aromatic nitrogens is 2. The van der Waals surface area contributed by atoms with E-state index in [1.54, 1.807) is 4.90 Å². The number of amides is 3. The fourth-order valence-electron chi connectivity index (χ4n) is 3.50. The number of urea groups is 1. The molecule has 7 heteroatoms. The van der Waals surface area contributed by atoms with Crippen molar-refractivity contribution in [2.45, 2.75) is 32.9 Å². The third-order valence-electron chi connectivity index (χ3n) is 4.98. The number of rotatable bonds is 5. The first-order chi connectivity index (χ1) is 13.6. The van der Waals surface area contributed by atoms with Crippen LogP contribution in [-0.2, 0) is 24.3 Å². The fraction of sp³-hybridized carbons (Fsp3) is 0.286. The summed E-state index contributed by atoms with van der Waals surface area (Å²) < 4.78 is 0. The van der Waals surface area contributed by atoms with Crippen LogP contribution < -0.4 is 10.6 Å². The van der Waals surface area contributed by atoms with Gasteiger partial charge in [-0.2, -0.15) is 5.10 Å². The number of carbonyl (C=O) groups excluding carboxylic acids is 2. The van der Waals surface area contributed by atoms with Crippen LogP contribution in [0.3, 0.4) is 0 Å². The van der Waals surface area contributed by atoms with E-state index in [-0.39, 0.29) is 11.9 Å². The number of hydrogen-bond acceptors (Lipinski definition) is 3. The largest absolute Gasteiger partial charge is 0.338 e. The monoisotopic (exact) mass is 377 g/mol. The minimum atomic E-state index is -0.110. The summed E-state index contributed by atoms with van der Waals surface area (Å²) in [7, 11) is 0. The van der Waals surface area contributed by atoms with E-state index in [2.05, 4.69) is 51.2 Å². The van der Waals surface area contributed by atoms with E-state index < -0.39 is 0 Å². The van der Waals surface area contributed by atoms with E-state index >= 15 is 0 Å². The number of fused-ring (bicyclic) bond motifs is 2. The van der Waals surface area contributed by atoms with Gasteiger partial charge in [0.25, 0.3) is 0 Å². The van der Waals surface area contributed by atoms with Crippen molar-refractivity contribution in [3.8, 4) is 0 Å². The number of aromatic amines is 1. The van der Waals surface area contributed by atoms with Crippen LogP contribution in [0.25, 0.3) is 10.8 Å². The molecular weight excluding hydrogens is 354 g/mol. The molecule has 144 valence electrons. The number of aryl methyl sites for hydroxylation is 1. The first kappa shape index (κ1) is 18.0. The maximum atomic E-state index is 12.4. The second kappa shape index (κ2) is 7.72. The summed E-state index contributed by atoms with van der Waals surface area (Å²) in [6.45, 7) is 3.38. The van der Waals surface area contributed by atoms with Crippen molar-refractivity contribution in [3.05, 3.63) is 59.3 Å². The van der Waals surface area contributed by atoms with Crippen LogP contribution in [0.15, 0.2) is 42.5 Å². The topological polar surface area (TPSA) is 90.1 Å². The minimum Gasteiger partial charge on any atom is -0.338 e. The molecule has 28 heavy (non-hydrogen) atoms. The molecule has 0 saturated carbocycles. The van der Waals surface area contributed by atoms with Crippen molar-refractivity contribution in [1.82, 2.24) is 20.4 Å². The van der Waals surface area contributed by atoms with E-state index in [1.165, 1.54) is 10.8 Å². The number of carbonyl (C=O) groups is 2. The highest BCUT2D eigenvalue weighted by atomic mass is 16.2. The summed E-state index contributed by atoms with van der Waals surface area (Å²) in [6.07, 6.45) is 1.04. The fourth-order valence-corrected chi connectivity index (χ4v) is 3.50. The second-order valence-electron chi connectivity index (χ2n) is 6.95. The van der Waals surface area contributed by atoms with E-state index in [0.717, 1.165) is 16.8 Å². The summed E-state index contributed by atoms with van der Waals surface area (Å²) in [4.78, 5) is 26.1. The van der Waals surface area contributed by atoms with Gasteiger partial charge in [0.1, 0.15) is 0 Å². The number of benzene rings is 2. The van der Waals surface area contributed by atoms with Gasteiger partial charge in [-0.3, -0.25) is 9.89 Å². The number of anilines is 1. The lowest BCUT2D eigenvalue weighted by Crippen LogP contribution is -2.36. The Morgan fingerprint density at radius 2 is 1.96 bits per heavy atom. The number of nitrogens with one attached hydrogen (secondary N) is 3. The molecule has 0 fully saturated rings. The van der Waals surface area contributed by atoms with Crippen molar-refractivity contribution in [2.24, 2.45) is 0 Å². The molecule has 0 aliphatic carbocycles. The average Bonchev–Trinajstić information content (AvgIpc) is 3.28. The lowest BCUT2D eigenvalue weighted by atomic mass is 10.0. The van der Waals surface area contributed by atoms with Gasteiger partial charge in [-0.05, 0) is 29.7 Å². The van der Waals surface area contributed by atoms with Crippen LogP contribution >= 0.6 is 0 Å². The summed E-state index contributed by atoms with van der Waals surface area (Å²) in [5, 5.41) is 15.2. The van der Waals surface area contributed by atoms with Crippen LogP contribution in [-0.4, -0.2) is 33.6 Å². The molecule has 0 bridgehead atoms. The average molecular weight is 377 g/mol. The highest BCUT2D eigenvalue weighted by Crippen LogP contribution is 2.27. The Labute approximate surface area is 163 Å². The molecule has 1 aliphatic rings. The van der Waals surface area contributed by atoms with Gasteiger partial charge in [0.15, 0.2) is 5.82 Å². The Hall–Kier alpha value is -3.35. The van der Waals surface area contributed by atoms with Crippen molar-refractivity contribution in [1.29, 1.82) is 0 Å². The highest BCUT2D eigenvalue weighted by molar-refractivity contribution is 5.91. The minimum absolute atomic E-state index is 0.0843. The third kappa shape index (κ3) is 3.69. The summed E-state index contributed by atoms with van der Waals surface area (Å²) in [5.41, 5.74) is 2.88. The molecule has 3 N–H and O–H groups in total. The van der Waals surface area contributed by atoms with Gasteiger partial charge in [-0.25, -0.2) is 4.79 Å². The lowest BCUT2D eigenvalue weighted by molar-refractivity contribution is -0.116. The van der Waals surface area contributed by atoms with Crippen molar-refractivity contribution >= 4 is 28.5 Å². The predicted octanol–water partition coefficient (Wildman–Crippen LogP) is 3.18. The maximum Gasteiger partial charge on any atom is 0.318 e. The van der Waals surface area contributed by atoms with Crippen LogP contribution in [0.2, 0.25) is 0 Å². The molecule has 1 aliphatic heterocycles. The summed E-state index contributed by atoms with van der Waals surface area (Å²) >= 11 is 0. The van der Waals surface area contributed by atoms with Crippen molar-refractivity contribution < 1.29 is 9.59 Å². The van der Waals surface area contributed by atoms with Crippen LogP contribution in [0.4, 0.5) is 10.6 Å². The van der Waals surface area contributed by atoms with Gasteiger partial charge in [-0.1, -0.05) is 42.5 Å². The molecule has 0 unspecified atom stereocenters. The molecule has 4 rings (SSSR count). The van der Waals surface area contributed by atoms with Gasteiger partial charge in [0.2, 0.25) is 5.91 Å². The van der Waals surface area contributed by atoms with Gasteiger partial charge in [0, 0.05) is 18.5 Å². The second-order valence-corrected chi connectivity index (χ2v) is 6.95. The summed E-state index contributed by atoms with van der Waals surface area (Å²) in [6, 6.07) is 14.3. The molecular formula is C21H23N5O2. The molecule has 2 aromatic carbocycles. The van der Waals surface area contributed by atoms with Crippen LogP contribution in [0, 0.1) is 0 Å². The van der Waals surface area contributed by atoms with Crippen LogP contribution in [0.1, 0.15) is 30.2 Å². The first-order valence-electron chi connectivity index (χ1n) is 9.50. The SMILES string of the molecule is CCNC(=O)N1Cc2[nH]nc(NC(=O)CCc3ccc4ccccc4c3)c2C1. The van der Waals surface area contributed by atoms with Crippen molar-refractivity contribution in [2.75, 3.05) is 11.9 Å². The number of hydrogen-bond donors (Lipinski definition) is 3. The van der Waals surface area contributed by atoms with E-state index in [4.69, 9.17) is 0 Å². The molecule has 1 aromatic heterocycles. The Morgan fingerprint density at radius 1 is 1.14 bits per heavy atom. The van der Waals surface area contributed by atoms with E-state index in [1.807, 2.05) is 19.1 Å². The quantitative estimate of drug-likeness (QED) is 0.638. The normalized spacial score (nSPS) is 12.8. The van der Waals surface area contributed by atoms with Crippen LogP contribution in [0.5, 0.6) is 0 Å². The Bertz CT molecular complexity index is 1030. The predicted molar refractivity (Wildman–Crippen MR) is 108 cm³/mol. The molecule has 2 heterocycles. The number of nitrogens with zero attached hydrogens (tertiary/aromatic N) is 2. The molecule has 0 atom stereocenters. The zero-order valence-electron chi connectivity index (χ0n) is 15.8.